The third-order valence-corrected chi connectivity index (χ3v) is 5.98. The molecule has 1 saturated heterocycles. The van der Waals surface area contributed by atoms with Crippen LogP contribution in [-0.2, 0) is 11.8 Å². The van der Waals surface area contributed by atoms with E-state index in [1.165, 1.54) is 36.8 Å². The molecule has 3 aliphatic rings. The van der Waals surface area contributed by atoms with Crippen molar-refractivity contribution in [3.05, 3.63) is 29.3 Å². The normalized spacial score (nSPS) is 40.4. The van der Waals surface area contributed by atoms with Crippen molar-refractivity contribution in [2.24, 2.45) is 11.8 Å². The molecule has 1 aromatic rings. The molecule has 1 aliphatic heterocycles. The lowest BCUT2D eigenvalue weighted by Crippen LogP contribution is -2.60. The quantitative estimate of drug-likeness (QED) is 0.749. The van der Waals surface area contributed by atoms with Crippen LogP contribution in [-0.4, -0.2) is 17.7 Å². The largest absolute Gasteiger partial charge is 0.508 e. The number of piperidine rings is 1. The average molecular weight is 257 g/mol. The first-order chi connectivity index (χ1) is 9.19. The highest BCUT2D eigenvalue weighted by atomic mass is 16.3. The van der Waals surface area contributed by atoms with Gasteiger partial charge in [0.15, 0.2) is 0 Å². The maximum absolute atomic E-state index is 9.91. The van der Waals surface area contributed by atoms with Gasteiger partial charge in [0.2, 0.25) is 0 Å². The highest BCUT2D eigenvalue weighted by molar-refractivity contribution is 5.45. The summed E-state index contributed by atoms with van der Waals surface area (Å²) in [6.07, 6.45) is 6.41. The summed E-state index contributed by atoms with van der Waals surface area (Å²) in [6, 6.07) is 6.74. The van der Waals surface area contributed by atoms with Gasteiger partial charge >= 0.3 is 0 Å². The van der Waals surface area contributed by atoms with Gasteiger partial charge in [0.1, 0.15) is 5.75 Å². The summed E-state index contributed by atoms with van der Waals surface area (Å²) in [6.45, 7) is 3.55. The number of aromatic hydroxyl groups is 1. The molecule has 2 N–H and O–H groups in total. The van der Waals surface area contributed by atoms with Crippen molar-refractivity contribution in [3.8, 4) is 5.75 Å². The van der Waals surface area contributed by atoms with Crippen LogP contribution in [0.2, 0.25) is 0 Å². The SMILES string of the molecule is CC1CC[C@]23CCN[C@H](Cc4ccc(O)cc42)[C@@H]3C1. The summed E-state index contributed by atoms with van der Waals surface area (Å²) < 4.78 is 0. The fourth-order valence-electron chi connectivity index (χ4n) is 5.08. The lowest BCUT2D eigenvalue weighted by molar-refractivity contribution is 0.0567. The second-order valence-electron chi connectivity index (χ2n) is 7.00. The Morgan fingerprint density at radius 2 is 2.21 bits per heavy atom. The Bertz CT molecular complexity index is 512. The van der Waals surface area contributed by atoms with Gasteiger partial charge in [-0.2, -0.15) is 0 Å². The van der Waals surface area contributed by atoms with Crippen LogP contribution in [0.4, 0.5) is 0 Å². The van der Waals surface area contributed by atoms with Crippen LogP contribution in [0.15, 0.2) is 18.2 Å². The lowest BCUT2D eigenvalue weighted by atomic mass is 9.51. The molecule has 4 rings (SSSR count). The number of fused-ring (bicyclic) bond motifs is 1. The number of rotatable bonds is 0. The zero-order valence-corrected chi connectivity index (χ0v) is 11.7. The van der Waals surface area contributed by atoms with Crippen LogP contribution in [0.3, 0.4) is 0 Å². The number of hydrogen-bond acceptors (Lipinski definition) is 2. The first kappa shape index (κ1) is 11.8. The first-order valence-corrected chi connectivity index (χ1v) is 7.75. The molecular weight excluding hydrogens is 234 g/mol. The Labute approximate surface area is 115 Å². The Balaban J connectivity index is 1.88. The summed E-state index contributed by atoms with van der Waals surface area (Å²) in [5.74, 6) is 2.08. The lowest BCUT2D eigenvalue weighted by Gasteiger charge is -2.57. The second-order valence-corrected chi connectivity index (χ2v) is 7.00. The standard InChI is InChI=1S/C17H23NO/c1-11-4-5-17-6-7-18-16(15(17)8-11)9-12-2-3-13(19)10-14(12)17/h2-3,10-11,15-16,18-19H,4-9H2,1H3/t11?,15-,16+,17-/m0/s1. The molecule has 1 saturated carbocycles. The predicted octanol–water partition coefficient (Wildman–Crippen LogP) is 2.98. The number of nitrogens with one attached hydrogen (secondary N) is 1. The summed E-state index contributed by atoms with van der Waals surface area (Å²) in [4.78, 5) is 0. The van der Waals surface area contributed by atoms with Crippen LogP contribution in [0.5, 0.6) is 5.75 Å². The molecule has 2 bridgehead atoms. The molecule has 1 aromatic carbocycles. The fraction of sp³-hybridized carbons (Fsp3) is 0.647. The summed E-state index contributed by atoms with van der Waals surface area (Å²) in [5.41, 5.74) is 3.30. The van der Waals surface area contributed by atoms with Gasteiger partial charge in [-0.05, 0) is 73.7 Å². The van der Waals surface area contributed by atoms with Crippen LogP contribution in [0.1, 0.15) is 43.7 Å². The number of phenols is 1. The van der Waals surface area contributed by atoms with E-state index in [4.69, 9.17) is 0 Å². The highest BCUT2D eigenvalue weighted by Crippen LogP contribution is 2.55. The van der Waals surface area contributed by atoms with Gasteiger partial charge < -0.3 is 10.4 Å². The molecule has 0 spiro atoms. The molecule has 19 heavy (non-hydrogen) atoms. The van der Waals surface area contributed by atoms with Gasteiger partial charge in [-0.25, -0.2) is 0 Å². The molecular formula is C17H23NO. The molecule has 4 atom stereocenters. The van der Waals surface area contributed by atoms with Crippen LogP contribution < -0.4 is 5.32 Å². The van der Waals surface area contributed by atoms with E-state index in [1.807, 2.05) is 6.07 Å². The minimum Gasteiger partial charge on any atom is -0.508 e. The van der Waals surface area contributed by atoms with E-state index in [1.54, 1.807) is 0 Å². The topological polar surface area (TPSA) is 32.3 Å². The van der Waals surface area contributed by atoms with E-state index in [9.17, 15) is 5.11 Å². The predicted molar refractivity (Wildman–Crippen MR) is 76.4 cm³/mol. The Kier molecular flexibility index (Phi) is 2.47. The molecule has 0 amide bonds. The van der Waals surface area contributed by atoms with E-state index in [0.717, 1.165) is 24.8 Å². The summed E-state index contributed by atoms with van der Waals surface area (Å²) in [7, 11) is 0. The molecule has 1 heterocycles. The van der Waals surface area contributed by atoms with Crippen LogP contribution in [0, 0.1) is 11.8 Å². The molecule has 0 radical (unpaired) electrons. The summed E-state index contributed by atoms with van der Waals surface area (Å²) in [5, 5.41) is 13.7. The van der Waals surface area contributed by atoms with Gasteiger partial charge in [0.05, 0.1) is 0 Å². The fourth-order valence-corrected chi connectivity index (χ4v) is 5.08. The molecule has 2 heteroatoms. The van der Waals surface area contributed by atoms with Crippen LogP contribution in [0.25, 0.3) is 0 Å². The van der Waals surface area contributed by atoms with Crippen molar-refractivity contribution in [2.45, 2.75) is 50.5 Å². The molecule has 0 aromatic heterocycles. The van der Waals surface area contributed by atoms with Crippen molar-refractivity contribution >= 4 is 0 Å². The third-order valence-electron chi connectivity index (χ3n) is 5.98. The smallest absolute Gasteiger partial charge is 0.115 e. The van der Waals surface area contributed by atoms with E-state index in [-0.39, 0.29) is 0 Å². The minimum atomic E-state index is 0.356. The third kappa shape index (κ3) is 1.59. The molecule has 102 valence electrons. The van der Waals surface area contributed by atoms with Gasteiger partial charge in [-0.1, -0.05) is 13.0 Å². The Hall–Kier alpha value is -1.02. The van der Waals surface area contributed by atoms with E-state index >= 15 is 0 Å². The minimum absolute atomic E-state index is 0.356. The molecule has 2 nitrogen and oxygen atoms in total. The van der Waals surface area contributed by atoms with Crippen molar-refractivity contribution in [1.82, 2.24) is 5.32 Å². The van der Waals surface area contributed by atoms with Crippen molar-refractivity contribution < 1.29 is 5.11 Å². The number of hydrogen-bond donors (Lipinski definition) is 2. The Morgan fingerprint density at radius 3 is 3.11 bits per heavy atom. The zero-order valence-electron chi connectivity index (χ0n) is 11.7. The van der Waals surface area contributed by atoms with Gasteiger partial charge in [0.25, 0.3) is 0 Å². The highest BCUT2D eigenvalue weighted by Gasteiger charge is 2.52. The first-order valence-electron chi connectivity index (χ1n) is 7.75. The molecule has 2 fully saturated rings. The average Bonchev–Trinajstić information content (AvgIpc) is 2.40. The van der Waals surface area contributed by atoms with E-state index < -0.39 is 0 Å². The molecule has 2 aliphatic carbocycles. The van der Waals surface area contributed by atoms with Crippen molar-refractivity contribution in [1.29, 1.82) is 0 Å². The maximum atomic E-state index is 9.91. The zero-order chi connectivity index (χ0) is 13.0. The van der Waals surface area contributed by atoms with Crippen molar-refractivity contribution in [3.63, 3.8) is 0 Å². The Morgan fingerprint density at radius 1 is 1.32 bits per heavy atom. The van der Waals surface area contributed by atoms with Crippen LogP contribution >= 0.6 is 0 Å². The van der Waals surface area contributed by atoms with Crippen molar-refractivity contribution in [2.75, 3.05) is 6.54 Å². The van der Waals surface area contributed by atoms with Gasteiger partial charge in [-0.3, -0.25) is 0 Å². The molecule has 1 unspecified atom stereocenters. The number of phenolic OH excluding ortho intramolecular Hbond substituents is 1. The van der Waals surface area contributed by atoms with Gasteiger partial charge in [-0.15, -0.1) is 0 Å². The summed E-state index contributed by atoms with van der Waals surface area (Å²) >= 11 is 0. The maximum Gasteiger partial charge on any atom is 0.115 e. The van der Waals surface area contributed by atoms with E-state index in [0.29, 0.717) is 17.2 Å². The van der Waals surface area contributed by atoms with E-state index in [2.05, 4.69) is 24.4 Å². The monoisotopic (exact) mass is 257 g/mol. The van der Waals surface area contributed by atoms with Gasteiger partial charge in [0, 0.05) is 11.5 Å². The number of benzene rings is 1. The second kappa shape index (κ2) is 3.99.